The number of ether oxygens (including phenoxy) is 1. The molecule has 0 atom stereocenters. The second-order valence-electron chi connectivity index (χ2n) is 5.84. The van der Waals surface area contributed by atoms with Crippen LogP contribution in [0.2, 0.25) is 5.02 Å². The van der Waals surface area contributed by atoms with Crippen molar-refractivity contribution in [2.45, 2.75) is 0 Å². The highest BCUT2D eigenvalue weighted by molar-refractivity contribution is 7.15. The lowest BCUT2D eigenvalue weighted by Gasteiger charge is -2.03. The third-order valence-corrected chi connectivity index (χ3v) is 5.29. The minimum atomic E-state index is 0.678. The molecule has 3 heterocycles. The number of aromatic nitrogens is 4. The molecule has 0 radical (unpaired) electrons. The normalized spacial score (nSPS) is 11.5. The van der Waals surface area contributed by atoms with Crippen molar-refractivity contribution >= 4 is 38.9 Å². The molecule has 0 bridgehead atoms. The number of fused-ring (bicyclic) bond motifs is 2. The van der Waals surface area contributed by atoms with E-state index in [0.717, 1.165) is 44.5 Å². The van der Waals surface area contributed by atoms with Crippen LogP contribution in [0, 0.1) is 0 Å². The van der Waals surface area contributed by atoms with Crippen LogP contribution < -0.4 is 4.74 Å². The first-order valence-corrected chi connectivity index (χ1v) is 9.24. The minimum Gasteiger partial charge on any atom is -0.497 e. The molecule has 0 unspecified atom stereocenters. The monoisotopic (exact) mass is 380 g/mol. The predicted octanol–water partition coefficient (Wildman–Crippen LogP) is 5.27. The largest absolute Gasteiger partial charge is 0.497 e. The lowest BCUT2D eigenvalue weighted by atomic mass is 10.1. The van der Waals surface area contributed by atoms with Gasteiger partial charge >= 0.3 is 0 Å². The zero-order chi connectivity index (χ0) is 17.7. The van der Waals surface area contributed by atoms with Gasteiger partial charge in [-0.1, -0.05) is 11.6 Å². The van der Waals surface area contributed by atoms with Crippen molar-refractivity contribution in [2.24, 2.45) is 0 Å². The lowest BCUT2D eigenvalue weighted by Crippen LogP contribution is -1.90. The molecule has 0 fully saturated rings. The van der Waals surface area contributed by atoms with E-state index < -0.39 is 0 Å². The van der Waals surface area contributed by atoms with Crippen LogP contribution in [-0.4, -0.2) is 26.5 Å². The van der Waals surface area contributed by atoms with E-state index in [9.17, 15) is 0 Å². The van der Waals surface area contributed by atoms with E-state index in [4.69, 9.17) is 26.3 Å². The van der Waals surface area contributed by atoms with E-state index in [1.807, 2.05) is 54.0 Å². The Kier molecular flexibility index (Phi) is 3.48. The molecule has 0 aliphatic carbocycles. The number of rotatable bonds is 3. The predicted molar refractivity (Wildman–Crippen MR) is 105 cm³/mol. The zero-order valence-corrected chi connectivity index (χ0v) is 15.3. The summed E-state index contributed by atoms with van der Waals surface area (Å²) in [6.07, 6.45) is 2.01. The van der Waals surface area contributed by atoms with E-state index in [1.165, 1.54) is 0 Å². The molecule has 0 saturated carbocycles. The van der Waals surface area contributed by atoms with Gasteiger partial charge in [-0.3, -0.25) is 4.40 Å². The summed E-state index contributed by atoms with van der Waals surface area (Å²) in [7, 11) is 1.66. The number of aromatic amines is 1. The van der Waals surface area contributed by atoms with Crippen LogP contribution in [0.3, 0.4) is 0 Å². The Morgan fingerprint density at radius 3 is 2.77 bits per heavy atom. The molecule has 5 nitrogen and oxygen atoms in total. The molecular weight excluding hydrogens is 368 g/mol. The molecule has 26 heavy (non-hydrogen) atoms. The van der Waals surface area contributed by atoms with Gasteiger partial charge in [-0.2, -0.15) is 0 Å². The van der Waals surface area contributed by atoms with Crippen LogP contribution in [0.15, 0.2) is 54.0 Å². The van der Waals surface area contributed by atoms with Crippen molar-refractivity contribution in [2.75, 3.05) is 7.11 Å². The topological polar surface area (TPSA) is 55.2 Å². The standard InChI is InChI=1S/C19H13ClN4OS/c1-25-13-5-2-11(3-6-13)16-17(24-8-9-26-19(24)23-16)18-21-14-7-4-12(20)10-15(14)22-18/h2-10H,1H3,(H,21,22). The SMILES string of the molecule is COc1ccc(-c2nc3sccn3c2-c2nc3ccc(Cl)cc3[nH]2)cc1. The van der Waals surface area contributed by atoms with Crippen LogP contribution in [0.1, 0.15) is 0 Å². The quantitative estimate of drug-likeness (QED) is 0.464. The molecule has 0 amide bonds. The van der Waals surface area contributed by atoms with Gasteiger partial charge in [-0.15, -0.1) is 11.3 Å². The highest BCUT2D eigenvalue weighted by atomic mass is 35.5. The van der Waals surface area contributed by atoms with Gasteiger partial charge in [0.1, 0.15) is 17.1 Å². The first-order chi connectivity index (χ1) is 12.7. The Balaban J connectivity index is 1.75. The summed E-state index contributed by atoms with van der Waals surface area (Å²) >= 11 is 7.70. The van der Waals surface area contributed by atoms with Gasteiger partial charge in [-0.05, 0) is 42.5 Å². The van der Waals surface area contributed by atoms with Crippen molar-refractivity contribution in [1.82, 2.24) is 19.4 Å². The number of nitrogens with zero attached hydrogens (tertiary/aromatic N) is 3. The Morgan fingerprint density at radius 1 is 1.12 bits per heavy atom. The van der Waals surface area contributed by atoms with Gasteiger partial charge in [0.2, 0.25) is 0 Å². The highest BCUT2D eigenvalue weighted by Crippen LogP contribution is 2.34. The summed E-state index contributed by atoms with van der Waals surface area (Å²) < 4.78 is 7.32. The van der Waals surface area contributed by atoms with Crippen molar-refractivity contribution in [3.05, 3.63) is 59.1 Å². The molecule has 5 rings (SSSR count). The molecule has 5 aromatic rings. The van der Waals surface area contributed by atoms with Crippen LogP contribution >= 0.6 is 22.9 Å². The van der Waals surface area contributed by atoms with Crippen molar-refractivity contribution in [3.63, 3.8) is 0 Å². The minimum absolute atomic E-state index is 0.678. The van der Waals surface area contributed by atoms with Gasteiger partial charge in [-0.25, -0.2) is 9.97 Å². The van der Waals surface area contributed by atoms with E-state index >= 15 is 0 Å². The number of hydrogen-bond acceptors (Lipinski definition) is 4. The molecule has 2 aromatic carbocycles. The molecule has 1 N–H and O–H groups in total. The maximum Gasteiger partial charge on any atom is 0.194 e. The fourth-order valence-electron chi connectivity index (χ4n) is 3.06. The van der Waals surface area contributed by atoms with Gasteiger partial charge < -0.3 is 9.72 Å². The molecule has 0 aliphatic rings. The van der Waals surface area contributed by atoms with Crippen molar-refractivity contribution in [1.29, 1.82) is 0 Å². The summed E-state index contributed by atoms with van der Waals surface area (Å²) in [5.41, 5.74) is 4.59. The Bertz CT molecular complexity index is 1240. The Labute approximate surface area is 157 Å². The number of nitrogens with one attached hydrogen (secondary N) is 1. The molecule has 7 heteroatoms. The molecule has 3 aromatic heterocycles. The maximum atomic E-state index is 6.11. The van der Waals surface area contributed by atoms with Gasteiger partial charge in [0.15, 0.2) is 10.8 Å². The number of benzene rings is 2. The zero-order valence-electron chi connectivity index (χ0n) is 13.7. The number of imidazole rings is 2. The second kappa shape index (κ2) is 5.86. The number of thiazole rings is 1. The summed E-state index contributed by atoms with van der Waals surface area (Å²) in [6.45, 7) is 0. The van der Waals surface area contributed by atoms with Gasteiger partial charge in [0.25, 0.3) is 0 Å². The smallest absolute Gasteiger partial charge is 0.194 e. The number of halogens is 1. The average Bonchev–Trinajstić information content (AvgIpc) is 3.34. The summed E-state index contributed by atoms with van der Waals surface area (Å²) in [5.74, 6) is 1.58. The summed E-state index contributed by atoms with van der Waals surface area (Å²) in [6, 6.07) is 13.5. The molecule has 0 spiro atoms. The molecule has 0 saturated heterocycles. The molecular formula is C19H13ClN4OS. The van der Waals surface area contributed by atoms with E-state index in [2.05, 4.69) is 9.38 Å². The third-order valence-electron chi connectivity index (χ3n) is 4.29. The fraction of sp³-hybridized carbons (Fsp3) is 0.0526. The highest BCUT2D eigenvalue weighted by Gasteiger charge is 2.19. The van der Waals surface area contributed by atoms with E-state index in [1.54, 1.807) is 18.4 Å². The molecule has 128 valence electrons. The lowest BCUT2D eigenvalue weighted by molar-refractivity contribution is 0.415. The first kappa shape index (κ1) is 15.4. The number of methoxy groups -OCH3 is 1. The first-order valence-electron chi connectivity index (χ1n) is 7.98. The Hall–Kier alpha value is -2.83. The van der Waals surface area contributed by atoms with Gasteiger partial charge in [0.05, 0.1) is 18.1 Å². The van der Waals surface area contributed by atoms with Crippen LogP contribution in [0.4, 0.5) is 0 Å². The molecule has 0 aliphatic heterocycles. The third kappa shape index (κ3) is 2.38. The van der Waals surface area contributed by atoms with Crippen molar-refractivity contribution in [3.8, 4) is 28.5 Å². The van der Waals surface area contributed by atoms with Crippen LogP contribution in [0.5, 0.6) is 5.75 Å². The maximum absolute atomic E-state index is 6.11. The van der Waals surface area contributed by atoms with E-state index in [0.29, 0.717) is 5.02 Å². The second-order valence-corrected chi connectivity index (χ2v) is 7.15. The van der Waals surface area contributed by atoms with Crippen LogP contribution in [0.25, 0.3) is 38.8 Å². The average molecular weight is 381 g/mol. The summed E-state index contributed by atoms with van der Waals surface area (Å²) in [5, 5.41) is 2.69. The van der Waals surface area contributed by atoms with Crippen LogP contribution in [-0.2, 0) is 0 Å². The Morgan fingerprint density at radius 2 is 1.96 bits per heavy atom. The number of hydrogen-bond donors (Lipinski definition) is 1. The van der Waals surface area contributed by atoms with Crippen molar-refractivity contribution < 1.29 is 4.74 Å². The fourth-order valence-corrected chi connectivity index (χ4v) is 3.94. The number of H-pyrrole nitrogens is 1. The van der Waals surface area contributed by atoms with E-state index in [-0.39, 0.29) is 0 Å². The van der Waals surface area contributed by atoms with Gasteiger partial charge in [0, 0.05) is 22.2 Å². The summed E-state index contributed by atoms with van der Waals surface area (Å²) in [4.78, 5) is 13.9.